The molecular weight excluding hydrogens is 268 g/mol. The summed E-state index contributed by atoms with van der Waals surface area (Å²) in [6.07, 6.45) is 0. The predicted molar refractivity (Wildman–Crippen MR) is 69.8 cm³/mol. The van der Waals surface area contributed by atoms with E-state index in [2.05, 4.69) is 20.9 Å². The number of aromatic nitrogens is 1. The Morgan fingerprint density at radius 3 is 2.88 bits per heavy atom. The predicted octanol–water partition coefficient (Wildman–Crippen LogP) is 2.43. The lowest BCUT2D eigenvalue weighted by Gasteiger charge is -2.17. The van der Waals surface area contributed by atoms with E-state index in [0.29, 0.717) is 6.54 Å². The maximum atomic E-state index is 8.89. The zero-order valence-electron chi connectivity index (χ0n) is 9.02. The number of aliphatic hydroxyl groups excluding tert-OH is 1. The van der Waals surface area contributed by atoms with Gasteiger partial charge >= 0.3 is 0 Å². The second-order valence-electron chi connectivity index (χ2n) is 3.63. The minimum Gasteiger partial charge on any atom is -0.395 e. The van der Waals surface area contributed by atoms with Gasteiger partial charge < -0.3 is 10.0 Å². The first-order chi connectivity index (χ1) is 7.72. The molecule has 0 unspecified atom stereocenters. The second kappa shape index (κ2) is 4.80. The van der Waals surface area contributed by atoms with Gasteiger partial charge in [0.05, 0.1) is 12.1 Å². The Morgan fingerprint density at radius 1 is 1.31 bits per heavy atom. The molecule has 1 aromatic carbocycles. The van der Waals surface area contributed by atoms with Gasteiger partial charge in [0.15, 0.2) is 0 Å². The van der Waals surface area contributed by atoms with E-state index in [1.165, 1.54) is 0 Å². The average Bonchev–Trinajstić information content (AvgIpc) is 2.29. The standard InChI is InChI=1S/C12H13BrN2O/c1-15(7-8-16)11-6-5-9-3-2-4-10(13)12(9)14-11/h2-6,16H,7-8H2,1H3. The molecular formula is C12H13BrN2O. The number of nitrogens with zero attached hydrogens (tertiary/aromatic N) is 2. The van der Waals surface area contributed by atoms with E-state index in [0.717, 1.165) is 21.2 Å². The number of anilines is 1. The number of pyridine rings is 1. The molecule has 0 fully saturated rings. The number of benzene rings is 1. The van der Waals surface area contributed by atoms with Crippen molar-refractivity contribution in [3.63, 3.8) is 0 Å². The maximum Gasteiger partial charge on any atom is 0.129 e. The Bertz CT molecular complexity index is 501. The lowest BCUT2D eigenvalue weighted by atomic mass is 10.2. The van der Waals surface area contributed by atoms with Crippen LogP contribution in [-0.2, 0) is 0 Å². The molecule has 16 heavy (non-hydrogen) atoms. The molecule has 0 atom stereocenters. The summed E-state index contributed by atoms with van der Waals surface area (Å²) in [5.41, 5.74) is 0.949. The fourth-order valence-electron chi connectivity index (χ4n) is 1.58. The number of likely N-dealkylation sites (N-methyl/N-ethyl adjacent to an activating group) is 1. The van der Waals surface area contributed by atoms with Crippen molar-refractivity contribution in [2.45, 2.75) is 0 Å². The van der Waals surface area contributed by atoms with E-state index in [9.17, 15) is 0 Å². The van der Waals surface area contributed by atoms with E-state index < -0.39 is 0 Å². The van der Waals surface area contributed by atoms with Gasteiger partial charge in [0.2, 0.25) is 0 Å². The zero-order chi connectivity index (χ0) is 11.5. The normalized spacial score (nSPS) is 10.7. The van der Waals surface area contributed by atoms with Crippen LogP contribution in [0.5, 0.6) is 0 Å². The molecule has 84 valence electrons. The summed E-state index contributed by atoms with van der Waals surface area (Å²) in [6, 6.07) is 10.0. The van der Waals surface area contributed by atoms with Gasteiger partial charge in [0.1, 0.15) is 5.82 Å². The highest BCUT2D eigenvalue weighted by atomic mass is 79.9. The number of hydrogen-bond donors (Lipinski definition) is 1. The number of halogens is 1. The molecule has 1 aromatic heterocycles. The highest BCUT2D eigenvalue weighted by molar-refractivity contribution is 9.10. The molecule has 2 rings (SSSR count). The largest absolute Gasteiger partial charge is 0.395 e. The van der Waals surface area contributed by atoms with Gasteiger partial charge in [-0.1, -0.05) is 12.1 Å². The summed E-state index contributed by atoms with van der Waals surface area (Å²) in [7, 11) is 1.92. The monoisotopic (exact) mass is 280 g/mol. The van der Waals surface area contributed by atoms with Crippen molar-refractivity contribution in [3.05, 3.63) is 34.8 Å². The molecule has 0 radical (unpaired) electrons. The fraction of sp³-hybridized carbons (Fsp3) is 0.250. The summed E-state index contributed by atoms with van der Waals surface area (Å²) in [5, 5.41) is 9.99. The number of rotatable bonds is 3. The molecule has 0 spiro atoms. The van der Waals surface area contributed by atoms with Crippen molar-refractivity contribution in [2.24, 2.45) is 0 Å². The van der Waals surface area contributed by atoms with Crippen LogP contribution < -0.4 is 4.90 Å². The van der Waals surface area contributed by atoms with Crippen LogP contribution in [-0.4, -0.2) is 30.3 Å². The van der Waals surface area contributed by atoms with Gasteiger partial charge in [0, 0.05) is 23.5 Å². The van der Waals surface area contributed by atoms with E-state index >= 15 is 0 Å². The van der Waals surface area contributed by atoms with Gasteiger partial charge in [-0.3, -0.25) is 0 Å². The molecule has 0 aliphatic rings. The van der Waals surface area contributed by atoms with Crippen molar-refractivity contribution in [2.75, 3.05) is 25.1 Å². The van der Waals surface area contributed by atoms with Crippen molar-refractivity contribution in [1.29, 1.82) is 0 Å². The minimum absolute atomic E-state index is 0.131. The molecule has 1 N–H and O–H groups in total. The SMILES string of the molecule is CN(CCO)c1ccc2cccc(Br)c2n1. The van der Waals surface area contributed by atoms with Crippen LogP contribution in [0.25, 0.3) is 10.9 Å². The lowest BCUT2D eigenvalue weighted by molar-refractivity contribution is 0.304. The molecule has 0 saturated heterocycles. The summed E-state index contributed by atoms with van der Waals surface area (Å²) < 4.78 is 0.990. The van der Waals surface area contributed by atoms with Crippen LogP contribution in [0, 0.1) is 0 Å². The van der Waals surface area contributed by atoms with E-state index in [-0.39, 0.29) is 6.61 Å². The van der Waals surface area contributed by atoms with Crippen LogP contribution in [0.15, 0.2) is 34.8 Å². The Kier molecular flexibility index (Phi) is 3.41. The number of aliphatic hydroxyl groups is 1. The molecule has 3 nitrogen and oxygen atoms in total. The van der Waals surface area contributed by atoms with Crippen molar-refractivity contribution in [1.82, 2.24) is 4.98 Å². The van der Waals surface area contributed by atoms with Crippen LogP contribution >= 0.6 is 15.9 Å². The van der Waals surface area contributed by atoms with E-state index in [1.54, 1.807) is 0 Å². The second-order valence-corrected chi connectivity index (χ2v) is 4.48. The third kappa shape index (κ3) is 2.18. The Morgan fingerprint density at radius 2 is 2.12 bits per heavy atom. The Labute approximate surface area is 103 Å². The van der Waals surface area contributed by atoms with Crippen molar-refractivity contribution < 1.29 is 5.11 Å². The molecule has 4 heteroatoms. The fourth-order valence-corrected chi connectivity index (χ4v) is 2.05. The molecule has 0 aliphatic carbocycles. The van der Waals surface area contributed by atoms with Gasteiger partial charge in [-0.15, -0.1) is 0 Å². The first-order valence-corrected chi connectivity index (χ1v) is 5.89. The quantitative estimate of drug-likeness (QED) is 0.938. The highest BCUT2D eigenvalue weighted by Crippen LogP contribution is 2.24. The summed E-state index contributed by atoms with van der Waals surface area (Å²) in [5.74, 6) is 0.869. The lowest BCUT2D eigenvalue weighted by Crippen LogP contribution is -2.22. The molecule has 0 aliphatic heterocycles. The average molecular weight is 281 g/mol. The van der Waals surface area contributed by atoms with Gasteiger partial charge in [-0.25, -0.2) is 4.98 Å². The van der Waals surface area contributed by atoms with Crippen LogP contribution in [0.2, 0.25) is 0 Å². The maximum absolute atomic E-state index is 8.89. The van der Waals surface area contributed by atoms with Crippen molar-refractivity contribution in [3.8, 4) is 0 Å². The molecule has 0 saturated carbocycles. The summed E-state index contributed by atoms with van der Waals surface area (Å²) in [4.78, 5) is 6.49. The Hall–Kier alpha value is -1.13. The van der Waals surface area contributed by atoms with Crippen LogP contribution in [0.4, 0.5) is 5.82 Å². The van der Waals surface area contributed by atoms with Crippen molar-refractivity contribution >= 4 is 32.7 Å². The molecule has 0 bridgehead atoms. The topological polar surface area (TPSA) is 36.4 Å². The van der Waals surface area contributed by atoms with E-state index in [1.807, 2.05) is 42.3 Å². The molecule has 0 amide bonds. The number of para-hydroxylation sites is 1. The highest BCUT2D eigenvalue weighted by Gasteiger charge is 2.04. The molecule has 2 aromatic rings. The summed E-state index contributed by atoms with van der Waals surface area (Å²) >= 11 is 3.49. The first-order valence-electron chi connectivity index (χ1n) is 5.09. The summed E-state index contributed by atoms with van der Waals surface area (Å²) in [6.45, 7) is 0.717. The molecule has 1 heterocycles. The third-order valence-corrected chi connectivity index (χ3v) is 3.12. The van der Waals surface area contributed by atoms with Crippen LogP contribution in [0.1, 0.15) is 0 Å². The van der Waals surface area contributed by atoms with Gasteiger partial charge in [-0.05, 0) is 34.1 Å². The first kappa shape index (κ1) is 11.4. The minimum atomic E-state index is 0.131. The van der Waals surface area contributed by atoms with Gasteiger partial charge in [0.25, 0.3) is 0 Å². The third-order valence-electron chi connectivity index (χ3n) is 2.48. The van der Waals surface area contributed by atoms with Crippen LogP contribution in [0.3, 0.4) is 0 Å². The Balaban J connectivity index is 2.46. The van der Waals surface area contributed by atoms with E-state index in [4.69, 9.17) is 5.11 Å². The zero-order valence-corrected chi connectivity index (χ0v) is 10.6. The number of hydrogen-bond acceptors (Lipinski definition) is 3. The smallest absolute Gasteiger partial charge is 0.129 e. The number of fused-ring (bicyclic) bond motifs is 1. The van der Waals surface area contributed by atoms with Gasteiger partial charge in [-0.2, -0.15) is 0 Å².